The van der Waals surface area contributed by atoms with Crippen LogP contribution in [0.2, 0.25) is 0 Å². The van der Waals surface area contributed by atoms with E-state index >= 15 is 0 Å². The molecule has 0 aliphatic carbocycles. The summed E-state index contributed by atoms with van der Waals surface area (Å²) in [5, 5.41) is 4.39. The number of nitrogens with zero attached hydrogens (tertiary/aromatic N) is 5. The van der Waals surface area contributed by atoms with Crippen molar-refractivity contribution in [3.8, 4) is 0 Å². The van der Waals surface area contributed by atoms with Gasteiger partial charge >= 0.3 is 0 Å². The Morgan fingerprint density at radius 1 is 1.43 bits per heavy atom. The second-order valence-corrected chi connectivity index (χ2v) is 5.52. The molecule has 6 heteroatoms. The predicted octanol–water partition coefficient (Wildman–Crippen LogP) is 2.03. The molecule has 0 aliphatic rings. The van der Waals surface area contributed by atoms with Crippen molar-refractivity contribution in [2.45, 2.75) is 39.8 Å². The molecule has 0 aromatic carbocycles. The zero-order valence-electron chi connectivity index (χ0n) is 13.4. The van der Waals surface area contributed by atoms with E-state index < -0.39 is 0 Å². The smallest absolute Gasteiger partial charge is 0.272 e. The summed E-state index contributed by atoms with van der Waals surface area (Å²) >= 11 is 0. The summed E-state index contributed by atoms with van der Waals surface area (Å²) < 4.78 is 3.69. The molecule has 6 nitrogen and oxygen atoms in total. The van der Waals surface area contributed by atoms with Crippen molar-refractivity contribution >= 4 is 5.91 Å². The van der Waals surface area contributed by atoms with E-state index in [1.54, 1.807) is 29.9 Å². The molecule has 0 N–H and O–H groups in total. The van der Waals surface area contributed by atoms with Gasteiger partial charge in [0.15, 0.2) is 0 Å². The van der Waals surface area contributed by atoms with E-state index in [9.17, 15) is 4.79 Å². The van der Waals surface area contributed by atoms with Crippen molar-refractivity contribution in [2.75, 3.05) is 7.05 Å². The molecule has 0 atom stereocenters. The molecule has 0 fully saturated rings. The number of rotatable bonds is 5. The van der Waals surface area contributed by atoms with Gasteiger partial charge in [-0.25, -0.2) is 4.98 Å². The van der Waals surface area contributed by atoms with Gasteiger partial charge in [-0.2, -0.15) is 5.10 Å². The molecule has 21 heavy (non-hydrogen) atoms. The van der Waals surface area contributed by atoms with E-state index in [0.717, 1.165) is 18.1 Å². The number of hydrogen-bond acceptors (Lipinski definition) is 3. The molecule has 0 unspecified atom stereocenters. The number of hydrogen-bond donors (Lipinski definition) is 0. The van der Waals surface area contributed by atoms with Crippen molar-refractivity contribution in [1.29, 1.82) is 0 Å². The fraction of sp³-hybridized carbons (Fsp3) is 0.533. The Balaban J connectivity index is 2.16. The molecule has 0 bridgehead atoms. The molecule has 2 heterocycles. The third-order valence-corrected chi connectivity index (χ3v) is 3.58. The van der Waals surface area contributed by atoms with Crippen LogP contribution in [0.5, 0.6) is 0 Å². The fourth-order valence-corrected chi connectivity index (χ4v) is 2.23. The quantitative estimate of drug-likeness (QED) is 0.846. The highest BCUT2D eigenvalue weighted by atomic mass is 16.2. The molecule has 1 amide bonds. The average Bonchev–Trinajstić information content (AvgIpc) is 3.04. The van der Waals surface area contributed by atoms with Crippen molar-refractivity contribution in [1.82, 2.24) is 24.2 Å². The van der Waals surface area contributed by atoms with E-state index in [2.05, 4.69) is 30.9 Å². The van der Waals surface area contributed by atoms with Gasteiger partial charge in [0.05, 0.1) is 12.2 Å². The highest BCUT2D eigenvalue weighted by Gasteiger charge is 2.19. The van der Waals surface area contributed by atoms with Gasteiger partial charge < -0.3 is 9.47 Å². The minimum atomic E-state index is -0.0393. The summed E-state index contributed by atoms with van der Waals surface area (Å²) in [5.41, 5.74) is 1.54. The molecule has 0 radical (unpaired) electrons. The number of amides is 1. The van der Waals surface area contributed by atoms with E-state index in [4.69, 9.17) is 0 Å². The lowest BCUT2D eigenvalue weighted by atomic mass is 10.1. The van der Waals surface area contributed by atoms with Gasteiger partial charge in [-0.05, 0) is 18.9 Å². The molecule has 114 valence electrons. The van der Waals surface area contributed by atoms with E-state index in [-0.39, 0.29) is 5.91 Å². The minimum absolute atomic E-state index is 0.0393. The highest BCUT2D eigenvalue weighted by molar-refractivity contribution is 5.92. The zero-order chi connectivity index (χ0) is 15.6. The van der Waals surface area contributed by atoms with Crippen LogP contribution in [0, 0.1) is 0 Å². The largest absolute Gasteiger partial charge is 0.334 e. The Hall–Kier alpha value is -2.11. The maximum atomic E-state index is 12.6. The van der Waals surface area contributed by atoms with Crippen LogP contribution in [0.15, 0.2) is 18.5 Å². The van der Waals surface area contributed by atoms with Crippen LogP contribution < -0.4 is 0 Å². The molecular weight excluding hydrogens is 266 g/mol. The Labute approximate surface area is 125 Å². The Bertz CT molecular complexity index is 626. The number of carbonyl (C=O) groups excluding carboxylic acids is 1. The summed E-state index contributed by atoms with van der Waals surface area (Å²) in [4.78, 5) is 18.5. The third kappa shape index (κ3) is 3.15. The Kier molecular flexibility index (Phi) is 4.45. The average molecular weight is 289 g/mol. The van der Waals surface area contributed by atoms with Gasteiger partial charge in [0.2, 0.25) is 0 Å². The second-order valence-electron chi connectivity index (χ2n) is 5.52. The second kappa shape index (κ2) is 6.11. The normalized spacial score (nSPS) is 11.1. The molecule has 0 aliphatic heterocycles. The van der Waals surface area contributed by atoms with Gasteiger partial charge in [-0.15, -0.1) is 0 Å². The topological polar surface area (TPSA) is 56.0 Å². The lowest BCUT2D eigenvalue weighted by Crippen LogP contribution is -2.29. The standard InChI is InChI=1S/C15H23N5O/c1-6-20-8-7-16-14(20)10-18(4)15(21)13-9-12(11(2)3)17-19(13)5/h7-9,11H,6,10H2,1-5H3. The third-order valence-electron chi connectivity index (χ3n) is 3.58. The number of imidazole rings is 1. The van der Waals surface area contributed by atoms with Gasteiger partial charge in [-0.1, -0.05) is 13.8 Å². The lowest BCUT2D eigenvalue weighted by molar-refractivity contribution is 0.0769. The number of aromatic nitrogens is 4. The van der Waals surface area contributed by atoms with Crippen LogP contribution in [0.1, 0.15) is 48.7 Å². The number of carbonyl (C=O) groups is 1. The maximum absolute atomic E-state index is 12.6. The van der Waals surface area contributed by atoms with Crippen LogP contribution in [-0.4, -0.2) is 37.2 Å². The summed E-state index contributed by atoms with van der Waals surface area (Å²) in [7, 11) is 3.60. The highest BCUT2D eigenvalue weighted by Crippen LogP contribution is 2.15. The van der Waals surface area contributed by atoms with Crippen LogP contribution >= 0.6 is 0 Å². The van der Waals surface area contributed by atoms with Crippen LogP contribution in [0.3, 0.4) is 0 Å². The fourth-order valence-electron chi connectivity index (χ4n) is 2.23. The van der Waals surface area contributed by atoms with E-state index in [1.807, 2.05) is 16.8 Å². The van der Waals surface area contributed by atoms with Crippen LogP contribution in [0.25, 0.3) is 0 Å². The first-order chi connectivity index (χ1) is 9.93. The van der Waals surface area contributed by atoms with Gasteiger partial charge in [-0.3, -0.25) is 9.48 Å². The summed E-state index contributed by atoms with van der Waals surface area (Å²) in [6, 6.07) is 1.87. The Morgan fingerprint density at radius 3 is 2.71 bits per heavy atom. The Morgan fingerprint density at radius 2 is 2.14 bits per heavy atom. The first-order valence-corrected chi connectivity index (χ1v) is 7.23. The molecule has 2 rings (SSSR count). The van der Waals surface area contributed by atoms with Crippen LogP contribution in [0.4, 0.5) is 0 Å². The van der Waals surface area contributed by atoms with Gasteiger partial charge in [0, 0.05) is 33.0 Å². The van der Waals surface area contributed by atoms with E-state index in [0.29, 0.717) is 18.2 Å². The van der Waals surface area contributed by atoms with Crippen LogP contribution in [-0.2, 0) is 20.1 Å². The van der Waals surface area contributed by atoms with Crippen molar-refractivity contribution < 1.29 is 4.79 Å². The minimum Gasteiger partial charge on any atom is -0.334 e. The van der Waals surface area contributed by atoms with Gasteiger partial charge in [0.25, 0.3) is 5.91 Å². The summed E-state index contributed by atoms with van der Waals surface area (Å²) in [5.74, 6) is 1.16. The molecule has 2 aromatic rings. The van der Waals surface area contributed by atoms with Gasteiger partial charge in [0.1, 0.15) is 11.5 Å². The van der Waals surface area contributed by atoms with Crippen molar-refractivity contribution in [2.24, 2.45) is 7.05 Å². The monoisotopic (exact) mass is 289 g/mol. The number of aryl methyl sites for hydroxylation is 2. The molecule has 0 saturated heterocycles. The summed E-state index contributed by atoms with van der Waals surface area (Å²) in [6.45, 7) is 7.53. The molecule has 0 spiro atoms. The zero-order valence-corrected chi connectivity index (χ0v) is 13.4. The first kappa shape index (κ1) is 15.3. The van der Waals surface area contributed by atoms with E-state index in [1.165, 1.54) is 0 Å². The summed E-state index contributed by atoms with van der Waals surface area (Å²) in [6.07, 6.45) is 3.69. The van der Waals surface area contributed by atoms with Crippen molar-refractivity contribution in [3.05, 3.63) is 35.7 Å². The lowest BCUT2D eigenvalue weighted by Gasteiger charge is -2.17. The SMILES string of the molecule is CCn1ccnc1CN(C)C(=O)c1cc(C(C)C)nn1C. The predicted molar refractivity (Wildman–Crippen MR) is 81.0 cm³/mol. The maximum Gasteiger partial charge on any atom is 0.272 e. The molecular formula is C15H23N5O. The molecule has 2 aromatic heterocycles. The first-order valence-electron chi connectivity index (χ1n) is 7.23. The molecule has 0 saturated carbocycles. The van der Waals surface area contributed by atoms with Crippen molar-refractivity contribution in [3.63, 3.8) is 0 Å².